The zero-order valence-corrected chi connectivity index (χ0v) is 11.3. The molecule has 100 valence electrons. The van der Waals surface area contributed by atoms with Crippen molar-refractivity contribution < 1.29 is 4.39 Å². The molecule has 4 nitrogen and oxygen atoms in total. The lowest BCUT2D eigenvalue weighted by molar-refractivity contribution is 0.549. The van der Waals surface area contributed by atoms with Crippen LogP contribution in [0.5, 0.6) is 0 Å². The average molecular weight is 278 g/mol. The Kier molecular flexibility index (Phi) is 3.70. The number of piperazine rings is 1. The Labute approximate surface area is 115 Å². The number of hydrogen-bond acceptors (Lipinski definition) is 5. The maximum atomic E-state index is 14.5. The third kappa shape index (κ3) is 2.74. The summed E-state index contributed by atoms with van der Waals surface area (Å²) in [5.41, 5.74) is 0.478. The first kappa shape index (κ1) is 12.5. The molecule has 0 spiro atoms. The maximum Gasteiger partial charge on any atom is 0.187 e. The Morgan fingerprint density at radius 2 is 2.16 bits per heavy atom. The van der Waals surface area contributed by atoms with E-state index >= 15 is 0 Å². The van der Waals surface area contributed by atoms with Gasteiger partial charge in [-0.1, -0.05) is 6.07 Å². The van der Waals surface area contributed by atoms with Crippen LogP contribution < -0.4 is 10.2 Å². The minimum atomic E-state index is -0.280. The third-order valence-electron chi connectivity index (χ3n) is 3.18. The second kappa shape index (κ2) is 5.63. The summed E-state index contributed by atoms with van der Waals surface area (Å²) in [6, 6.07) is 3.97. The molecular weight excluding hydrogens is 263 g/mol. The van der Waals surface area contributed by atoms with E-state index in [0.29, 0.717) is 17.9 Å². The second-order valence-corrected chi connectivity index (χ2v) is 5.48. The zero-order chi connectivity index (χ0) is 13.1. The van der Waals surface area contributed by atoms with E-state index in [1.54, 1.807) is 11.3 Å². The van der Waals surface area contributed by atoms with E-state index in [1.165, 1.54) is 6.33 Å². The maximum absolute atomic E-state index is 14.5. The topological polar surface area (TPSA) is 41.1 Å². The molecule has 19 heavy (non-hydrogen) atoms. The number of nitrogens with one attached hydrogen (secondary N) is 1. The standard InChI is InChI=1S/C13H15FN4S/c14-12-11(8-10-2-1-7-19-10)16-9-17-13(12)18-5-3-15-4-6-18/h1-2,7,9,15H,3-6,8H2. The number of thiophene rings is 1. The van der Waals surface area contributed by atoms with Crippen LogP contribution in [0.1, 0.15) is 10.6 Å². The third-order valence-corrected chi connectivity index (χ3v) is 4.06. The molecule has 0 unspecified atom stereocenters. The summed E-state index contributed by atoms with van der Waals surface area (Å²) in [6.07, 6.45) is 1.99. The molecule has 3 rings (SSSR count). The van der Waals surface area contributed by atoms with Crippen molar-refractivity contribution in [3.05, 3.63) is 40.2 Å². The van der Waals surface area contributed by atoms with Gasteiger partial charge in [0.05, 0.1) is 5.69 Å². The molecular formula is C13H15FN4S. The first-order valence-corrected chi connectivity index (χ1v) is 7.20. The van der Waals surface area contributed by atoms with Gasteiger partial charge in [-0.25, -0.2) is 14.4 Å². The van der Waals surface area contributed by atoms with E-state index < -0.39 is 0 Å². The molecule has 3 heterocycles. The molecule has 1 fully saturated rings. The molecule has 1 saturated heterocycles. The number of anilines is 1. The summed E-state index contributed by atoms with van der Waals surface area (Å²) in [5, 5.41) is 5.24. The van der Waals surface area contributed by atoms with Gasteiger partial charge in [0, 0.05) is 37.5 Å². The van der Waals surface area contributed by atoms with Crippen LogP contribution in [0.2, 0.25) is 0 Å². The largest absolute Gasteiger partial charge is 0.352 e. The summed E-state index contributed by atoms with van der Waals surface area (Å²) < 4.78 is 14.5. The molecule has 0 atom stereocenters. The molecule has 2 aromatic rings. The Morgan fingerprint density at radius 3 is 2.89 bits per heavy atom. The van der Waals surface area contributed by atoms with Gasteiger partial charge in [-0.3, -0.25) is 0 Å². The molecule has 0 aromatic carbocycles. The van der Waals surface area contributed by atoms with Crippen LogP contribution in [0.15, 0.2) is 23.8 Å². The summed E-state index contributed by atoms with van der Waals surface area (Å²) in [6.45, 7) is 3.30. The van der Waals surface area contributed by atoms with Gasteiger partial charge in [0.1, 0.15) is 6.33 Å². The van der Waals surface area contributed by atoms with Gasteiger partial charge in [0.2, 0.25) is 0 Å². The van der Waals surface area contributed by atoms with Crippen LogP contribution in [0.25, 0.3) is 0 Å². The lowest BCUT2D eigenvalue weighted by Crippen LogP contribution is -2.44. The van der Waals surface area contributed by atoms with Crippen LogP contribution in [0.3, 0.4) is 0 Å². The summed E-state index contributed by atoms with van der Waals surface area (Å²) >= 11 is 1.62. The van der Waals surface area contributed by atoms with Crippen molar-refractivity contribution in [2.75, 3.05) is 31.1 Å². The second-order valence-electron chi connectivity index (χ2n) is 4.45. The quantitative estimate of drug-likeness (QED) is 0.927. The highest BCUT2D eigenvalue weighted by molar-refractivity contribution is 7.09. The Hall–Kier alpha value is -1.53. The van der Waals surface area contributed by atoms with Crippen LogP contribution in [-0.2, 0) is 6.42 Å². The Bertz CT molecular complexity index is 538. The van der Waals surface area contributed by atoms with Crippen molar-refractivity contribution in [2.45, 2.75) is 6.42 Å². The lowest BCUT2D eigenvalue weighted by Gasteiger charge is -2.28. The molecule has 1 N–H and O–H groups in total. The van der Waals surface area contributed by atoms with Gasteiger partial charge in [0.15, 0.2) is 11.6 Å². The molecule has 2 aromatic heterocycles. The highest BCUT2D eigenvalue weighted by atomic mass is 32.1. The highest BCUT2D eigenvalue weighted by Crippen LogP contribution is 2.21. The van der Waals surface area contributed by atoms with Gasteiger partial charge in [-0.2, -0.15) is 0 Å². The molecule has 0 aliphatic carbocycles. The number of rotatable bonds is 3. The fraction of sp³-hybridized carbons (Fsp3) is 0.385. The van der Waals surface area contributed by atoms with Crippen LogP contribution in [0, 0.1) is 5.82 Å². The van der Waals surface area contributed by atoms with Gasteiger partial charge in [-0.15, -0.1) is 11.3 Å². The number of hydrogen-bond donors (Lipinski definition) is 1. The van der Waals surface area contributed by atoms with E-state index in [9.17, 15) is 4.39 Å². The fourth-order valence-electron chi connectivity index (χ4n) is 2.19. The van der Waals surface area contributed by atoms with E-state index in [2.05, 4.69) is 15.3 Å². The molecule has 0 radical (unpaired) electrons. The van der Waals surface area contributed by atoms with Gasteiger partial charge >= 0.3 is 0 Å². The van der Waals surface area contributed by atoms with E-state index in [-0.39, 0.29) is 5.82 Å². The van der Waals surface area contributed by atoms with Crippen molar-refractivity contribution in [3.63, 3.8) is 0 Å². The average Bonchev–Trinajstić information content (AvgIpc) is 2.95. The smallest absolute Gasteiger partial charge is 0.187 e. The molecule has 0 amide bonds. The van der Waals surface area contributed by atoms with E-state index in [1.807, 2.05) is 22.4 Å². The fourth-order valence-corrected chi connectivity index (χ4v) is 2.90. The molecule has 6 heteroatoms. The zero-order valence-electron chi connectivity index (χ0n) is 10.5. The van der Waals surface area contributed by atoms with Gasteiger partial charge in [-0.05, 0) is 11.4 Å². The van der Waals surface area contributed by atoms with Crippen molar-refractivity contribution in [1.29, 1.82) is 0 Å². The molecule has 1 aliphatic rings. The highest BCUT2D eigenvalue weighted by Gasteiger charge is 2.19. The normalized spacial score (nSPS) is 15.7. The first-order valence-electron chi connectivity index (χ1n) is 6.32. The first-order chi connectivity index (χ1) is 9.34. The SMILES string of the molecule is Fc1c(Cc2cccs2)ncnc1N1CCNCC1. The van der Waals surface area contributed by atoms with E-state index in [4.69, 9.17) is 0 Å². The Morgan fingerprint density at radius 1 is 1.32 bits per heavy atom. The van der Waals surface area contributed by atoms with Gasteiger partial charge < -0.3 is 10.2 Å². The van der Waals surface area contributed by atoms with Crippen molar-refractivity contribution in [3.8, 4) is 0 Å². The predicted octanol–water partition coefficient (Wildman–Crippen LogP) is 1.68. The van der Waals surface area contributed by atoms with Gasteiger partial charge in [0.25, 0.3) is 0 Å². The lowest BCUT2D eigenvalue weighted by atomic mass is 10.2. The van der Waals surface area contributed by atoms with Crippen LogP contribution in [-0.4, -0.2) is 36.1 Å². The molecule has 1 aliphatic heterocycles. The number of nitrogens with zero attached hydrogens (tertiary/aromatic N) is 3. The van der Waals surface area contributed by atoms with Crippen molar-refractivity contribution in [2.24, 2.45) is 0 Å². The van der Waals surface area contributed by atoms with Crippen LogP contribution >= 0.6 is 11.3 Å². The van der Waals surface area contributed by atoms with E-state index in [0.717, 1.165) is 31.1 Å². The minimum Gasteiger partial charge on any atom is -0.352 e. The monoisotopic (exact) mass is 278 g/mol. The molecule has 0 bridgehead atoms. The summed E-state index contributed by atoms with van der Waals surface area (Å²) in [5.74, 6) is 0.154. The van der Waals surface area contributed by atoms with Crippen LogP contribution in [0.4, 0.5) is 10.2 Å². The van der Waals surface area contributed by atoms with Crippen molar-refractivity contribution >= 4 is 17.2 Å². The number of aromatic nitrogens is 2. The Balaban J connectivity index is 1.85. The summed E-state index contributed by atoms with van der Waals surface area (Å²) in [4.78, 5) is 11.3. The predicted molar refractivity (Wildman–Crippen MR) is 74.2 cm³/mol. The summed E-state index contributed by atoms with van der Waals surface area (Å²) in [7, 11) is 0. The van der Waals surface area contributed by atoms with Crippen molar-refractivity contribution in [1.82, 2.24) is 15.3 Å². The number of halogens is 1. The minimum absolute atomic E-state index is 0.280. The molecule has 0 saturated carbocycles.